The maximum atomic E-state index is 11.0. The zero-order valence-electron chi connectivity index (χ0n) is 28.0. The summed E-state index contributed by atoms with van der Waals surface area (Å²) in [6, 6.07) is 0. The number of hydrogen-bond donors (Lipinski definition) is 0. The van der Waals surface area contributed by atoms with Gasteiger partial charge in [-0.3, -0.25) is 0 Å². The average Bonchev–Trinajstić information content (AvgIpc) is 2.93. The van der Waals surface area contributed by atoms with E-state index in [4.69, 9.17) is 0 Å². The van der Waals surface area contributed by atoms with Gasteiger partial charge in [0.2, 0.25) is 0 Å². The molecule has 0 saturated heterocycles. The van der Waals surface area contributed by atoms with Gasteiger partial charge in [-0.05, 0) is 25.7 Å². The van der Waals surface area contributed by atoms with Gasteiger partial charge < -0.3 is 29.6 Å². The smallest absolute Gasteiger partial charge is 0.530 e. The molecular formula is C34H68N2O4Zn. The van der Waals surface area contributed by atoms with Crippen LogP contribution in [0.3, 0.4) is 0 Å². The monoisotopic (exact) mass is 632 g/mol. The number of unbranched alkanes of at least 4 members (excludes halogenated alkanes) is 20. The summed E-state index contributed by atoms with van der Waals surface area (Å²) in [5, 5.41) is 22.1. The summed E-state index contributed by atoms with van der Waals surface area (Å²) in [7, 11) is 0. The maximum Gasteiger partial charge on any atom is 2.00 e. The molecule has 41 heavy (non-hydrogen) atoms. The second kappa shape index (κ2) is 37.2. The van der Waals surface area contributed by atoms with E-state index in [0.29, 0.717) is 26.2 Å². The van der Waals surface area contributed by atoms with Crippen molar-refractivity contribution in [2.24, 2.45) is 0 Å². The summed E-state index contributed by atoms with van der Waals surface area (Å²) in [4.78, 5) is 25.1. The van der Waals surface area contributed by atoms with Gasteiger partial charge in [-0.1, -0.05) is 156 Å². The fourth-order valence-electron chi connectivity index (χ4n) is 4.92. The van der Waals surface area contributed by atoms with E-state index in [9.17, 15) is 19.8 Å². The molecule has 0 fully saturated rings. The van der Waals surface area contributed by atoms with Crippen LogP contribution in [0, 0.1) is 0 Å². The van der Waals surface area contributed by atoms with Gasteiger partial charge in [0.1, 0.15) is 12.2 Å². The zero-order valence-corrected chi connectivity index (χ0v) is 31.0. The van der Waals surface area contributed by atoms with E-state index in [2.05, 4.69) is 27.7 Å². The first-order valence-electron chi connectivity index (χ1n) is 17.4. The minimum atomic E-state index is -0.993. The molecule has 0 aliphatic rings. The molecule has 0 heterocycles. The molecule has 240 valence electrons. The number of carbonyl (C=O) groups excluding carboxylic acids is 2. The van der Waals surface area contributed by atoms with Crippen molar-refractivity contribution in [2.75, 3.05) is 26.2 Å². The van der Waals surface area contributed by atoms with Crippen molar-refractivity contribution in [3.8, 4) is 0 Å². The molecule has 0 atom stereocenters. The van der Waals surface area contributed by atoms with Crippen LogP contribution in [-0.2, 0) is 19.5 Å². The molecule has 6 nitrogen and oxygen atoms in total. The van der Waals surface area contributed by atoms with Crippen molar-refractivity contribution >= 4 is 12.2 Å². The van der Waals surface area contributed by atoms with Crippen molar-refractivity contribution in [1.82, 2.24) is 9.80 Å². The molecule has 0 aromatic rings. The number of amides is 2. The Kier molecular flexibility index (Phi) is 40.5. The third-order valence-corrected chi connectivity index (χ3v) is 7.64. The Hall–Kier alpha value is -0.837. The molecule has 2 amide bonds. The van der Waals surface area contributed by atoms with Gasteiger partial charge >= 0.3 is 19.5 Å². The van der Waals surface area contributed by atoms with Crippen LogP contribution in [0.25, 0.3) is 0 Å². The largest absolute Gasteiger partial charge is 2.00 e. The molecule has 0 rings (SSSR count). The Balaban J connectivity index is -0.000000688. The zero-order chi connectivity index (χ0) is 30.1. The van der Waals surface area contributed by atoms with Crippen LogP contribution in [0.4, 0.5) is 9.59 Å². The molecule has 0 N–H and O–H groups in total. The molecule has 0 aromatic heterocycles. The minimum absolute atomic E-state index is 0. The third-order valence-electron chi connectivity index (χ3n) is 7.64. The van der Waals surface area contributed by atoms with Crippen LogP contribution < -0.4 is 10.2 Å². The summed E-state index contributed by atoms with van der Waals surface area (Å²) in [6.45, 7) is 11.5. The first-order chi connectivity index (χ1) is 19.4. The van der Waals surface area contributed by atoms with E-state index in [0.717, 1.165) is 51.4 Å². The molecular weight excluding hydrogens is 566 g/mol. The molecule has 0 spiro atoms. The Labute approximate surface area is 268 Å². The van der Waals surface area contributed by atoms with Crippen LogP contribution >= 0.6 is 0 Å². The van der Waals surface area contributed by atoms with E-state index in [1.54, 1.807) is 0 Å². The SMILES string of the molecule is CCCCCCCCN(CCCCCCCC)C(=O)[O-].CCCCCCCCN(CCCCCCCC)C(=O)[O-].[Zn+2]. The Bertz CT molecular complexity index is 459. The van der Waals surface area contributed by atoms with Crippen LogP contribution in [0.15, 0.2) is 0 Å². The van der Waals surface area contributed by atoms with Gasteiger partial charge in [0.25, 0.3) is 0 Å². The van der Waals surface area contributed by atoms with Crippen molar-refractivity contribution < 1.29 is 39.3 Å². The molecule has 0 aliphatic heterocycles. The number of carboxylic acid groups (broad SMARTS) is 2. The van der Waals surface area contributed by atoms with E-state index in [-0.39, 0.29) is 19.5 Å². The number of carbonyl (C=O) groups is 2. The Morgan fingerprint density at radius 3 is 0.707 bits per heavy atom. The molecule has 0 saturated carbocycles. The summed E-state index contributed by atoms with van der Waals surface area (Å²) < 4.78 is 0. The molecule has 0 aromatic carbocycles. The summed E-state index contributed by atoms with van der Waals surface area (Å²) >= 11 is 0. The number of hydrogen-bond acceptors (Lipinski definition) is 4. The molecule has 0 unspecified atom stereocenters. The van der Waals surface area contributed by atoms with Crippen LogP contribution in [-0.4, -0.2) is 48.2 Å². The Morgan fingerprint density at radius 2 is 0.537 bits per heavy atom. The summed E-state index contributed by atoms with van der Waals surface area (Å²) in [5.74, 6) is 0. The average molecular weight is 634 g/mol. The first kappa shape index (κ1) is 44.6. The summed E-state index contributed by atoms with van der Waals surface area (Å²) in [6.07, 6.45) is 26.7. The summed E-state index contributed by atoms with van der Waals surface area (Å²) in [5.41, 5.74) is 0. The van der Waals surface area contributed by atoms with Gasteiger partial charge in [0, 0.05) is 26.2 Å². The third kappa shape index (κ3) is 35.3. The van der Waals surface area contributed by atoms with E-state index in [1.807, 2.05) is 0 Å². The van der Waals surface area contributed by atoms with Crippen molar-refractivity contribution in [3.05, 3.63) is 0 Å². The van der Waals surface area contributed by atoms with Crippen LogP contribution in [0.1, 0.15) is 182 Å². The second-order valence-electron chi connectivity index (χ2n) is 11.6. The van der Waals surface area contributed by atoms with E-state index < -0.39 is 12.2 Å². The molecule has 7 heteroatoms. The number of nitrogens with zero attached hydrogens (tertiary/aromatic N) is 2. The van der Waals surface area contributed by atoms with Gasteiger partial charge in [-0.2, -0.15) is 0 Å². The minimum Gasteiger partial charge on any atom is -0.530 e. The fraction of sp³-hybridized carbons (Fsp3) is 0.941. The van der Waals surface area contributed by atoms with E-state index in [1.165, 1.54) is 113 Å². The predicted octanol–water partition coefficient (Wildman–Crippen LogP) is 8.70. The quantitative estimate of drug-likeness (QED) is 0.0637. The van der Waals surface area contributed by atoms with Crippen molar-refractivity contribution in [3.63, 3.8) is 0 Å². The van der Waals surface area contributed by atoms with Crippen molar-refractivity contribution in [2.45, 2.75) is 182 Å². The Morgan fingerprint density at radius 1 is 0.366 bits per heavy atom. The molecule has 0 bridgehead atoms. The fourth-order valence-corrected chi connectivity index (χ4v) is 4.92. The standard InChI is InChI=1S/2C17H35NO2.Zn/c2*1-3-5-7-9-11-13-15-18(17(19)20)16-14-12-10-8-6-4-2;/h2*3-16H2,1-2H3,(H,19,20);/q;;+2/p-2. The molecule has 0 aliphatic carbocycles. The van der Waals surface area contributed by atoms with Crippen molar-refractivity contribution in [1.29, 1.82) is 0 Å². The first-order valence-corrected chi connectivity index (χ1v) is 17.4. The maximum absolute atomic E-state index is 11.0. The van der Waals surface area contributed by atoms with Gasteiger partial charge in [-0.25, -0.2) is 0 Å². The second-order valence-corrected chi connectivity index (χ2v) is 11.6. The van der Waals surface area contributed by atoms with Crippen LogP contribution in [0.5, 0.6) is 0 Å². The molecule has 0 radical (unpaired) electrons. The topological polar surface area (TPSA) is 86.7 Å². The normalized spacial score (nSPS) is 10.4. The van der Waals surface area contributed by atoms with Gasteiger partial charge in [0.15, 0.2) is 0 Å². The predicted molar refractivity (Wildman–Crippen MR) is 167 cm³/mol. The number of rotatable bonds is 28. The van der Waals surface area contributed by atoms with Gasteiger partial charge in [0.05, 0.1) is 0 Å². The van der Waals surface area contributed by atoms with Gasteiger partial charge in [-0.15, -0.1) is 0 Å². The van der Waals surface area contributed by atoms with E-state index >= 15 is 0 Å². The van der Waals surface area contributed by atoms with Crippen LogP contribution in [0.2, 0.25) is 0 Å².